The number of amides is 2. The summed E-state index contributed by atoms with van der Waals surface area (Å²) in [5, 5.41) is 5.98. The van der Waals surface area contributed by atoms with E-state index in [1.54, 1.807) is 25.6 Å². The van der Waals surface area contributed by atoms with E-state index in [0.717, 1.165) is 26.9 Å². The fraction of sp³-hybridized carbons (Fsp3) is 0.182. The molecule has 1 aromatic carbocycles. The Balaban J connectivity index is 2.13. The van der Waals surface area contributed by atoms with Crippen molar-refractivity contribution in [1.29, 1.82) is 0 Å². The number of rotatable bonds is 6. The number of carbonyl (C=O) groups is 1. The molecule has 0 aliphatic carbocycles. The predicted molar refractivity (Wildman–Crippen MR) is 124 cm³/mol. The largest absolute Gasteiger partial charge is 0.481 e. The number of methoxy groups -OCH3 is 1. The number of allylic oxidation sites excluding steroid dienone is 1. The second kappa shape index (κ2) is 9.80. The Morgan fingerprint density at radius 2 is 2.20 bits per heavy atom. The molecule has 0 saturated heterocycles. The summed E-state index contributed by atoms with van der Waals surface area (Å²) in [6.07, 6.45) is 7.13. The van der Waals surface area contributed by atoms with Crippen LogP contribution in [0, 0.1) is 0 Å². The van der Waals surface area contributed by atoms with Crippen LogP contribution in [0.5, 0.6) is 0 Å². The van der Waals surface area contributed by atoms with E-state index in [-0.39, 0.29) is 6.03 Å². The maximum atomic E-state index is 11.9. The van der Waals surface area contributed by atoms with Crippen molar-refractivity contribution in [3.05, 3.63) is 61.0 Å². The molecule has 2 amide bonds. The fourth-order valence-electron chi connectivity index (χ4n) is 2.79. The standard InChI is InChI=1S/C22H23N5O2S/c1-5-8-19(29-4)25-14(3)17-11-16(15-9-7-10-23-13-15)12-18-20(17)30-22(26-18)27-21(28)24-6-2/h5,7-13H,3,6H2,1-2,4H3,(H2,24,26,27,28)/b8-5-,25-19?. The van der Waals surface area contributed by atoms with Gasteiger partial charge in [-0.2, -0.15) is 0 Å². The molecule has 0 unspecified atom stereocenters. The van der Waals surface area contributed by atoms with Crippen LogP contribution < -0.4 is 10.6 Å². The molecule has 0 aliphatic heterocycles. The number of hydrogen-bond acceptors (Lipinski definition) is 6. The van der Waals surface area contributed by atoms with Crippen molar-refractivity contribution < 1.29 is 9.53 Å². The molecule has 8 heteroatoms. The third kappa shape index (κ3) is 4.90. The number of anilines is 1. The van der Waals surface area contributed by atoms with E-state index in [2.05, 4.69) is 32.2 Å². The Morgan fingerprint density at radius 3 is 2.87 bits per heavy atom. The first-order valence-corrected chi connectivity index (χ1v) is 10.2. The molecule has 30 heavy (non-hydrogen) atoms. The minimum Gasteiger partial charge on any atom is -0.481 e. The predicted octanol–water partition coefficient (Wildman–Crippen LogP) is 5.09. The molecule has 0 spiro atoms. The summed E-state index contributed by atoms with van der Waals surface area (Å²) < 4.78 is 6.18. The smallest absolute Gasteiger partial charge is 0.321 e. The molecule has 3 aromatic rings. The second-order valence-corrected chi connectivity index (χ2v) is 7.22. The first kappa shape index (κ1) is 21.2. The minimum atomic E-state index is -0.294. The molecule has 154 valence electrons. The lowest BCUT2D eigenvalue weighted by Gasteiger charge is -2.08. The fourth-order valence-corrected chi connectivity index (χ4v) is 3.77. The van der Waals surface area contributed by atoms with Crippen molar-refractivity contribution >= 4 is 44.3 Å². The molecule has 0 fully saturated rings. The molecule has 7 nitrogen and oxygen atoms in total. The number of carbonyl (C=O) groups excluding carboxylic acids is 1. The van der Waals surface area contributed by atoms with Crippen molar-refractivity contribution in [3.63, 3.8) is 0 Å². The number of fused-ring (bicyclic) bond motifs is 1. The molecule has 0 aliphatic rings. The van der Waals surface area contributed by atoms with Crippen molar-refractivity contribution in [2.24, 2.45) is 4.99 Å². The molecule has 2 aromatic heterocycles. The Bertz CT molecular complexity index is 1120. The quantitative estimate of drug-likeness (QED) is 0.428. The maximum absolute atomic E-state index is 11.9. The lowest BCUT2D eigenvalue weighted by Crippen LogP contribution is -2.28. The van der Waals surface area contributed by atoms with Crippen LogP contribution in [-0.2, 0) is 4.74 Å². The molecule has 0 bridgehead atoms. The summed E-state index contributed by atoms with van der Waals surface area (Å²) >= 11 is 1.37. The topological polar surface area (TPSA) is 88.5 Å². The zero-order valence-corrected chi connectivity index (χ0v) is 17.9. The zero-order valence-electron chi connectivity index (χ0n) is 17.1. The molecule has 2 N–H and O–H groups in total. The van der Waals surface area contributed by atoms with E-state index in [0.29, 0.717) is 23.3 Å². The van der Waals surface area contributed by atoms with Gasteiger partial charge in [-0.1, -0.05) is 30.1 Å². The van der Waals surface area contributed by atoms with Gasteiger partial charge in [-0.05, 0) is 43.7 Å². The van der Waals surface area contributed by atoms with Crippen LogP contribution in [0.1, 0.15) is 19.4 Å². The lowest BCUT2D eigenvalue weighted by atomic mass is 10.0. The number of aromatic nitrogens is 2. The van der Waals surface area contributed by atoms with Crippen LogP contribution in [0.2, 0.25) is 0 Å². The number of nitrogens with one attached hydrogen (secondary N) is 2. The molecule has 2 heterocycles. The Kier molecular flexibility index (Phi) is 6.92. The number of aliphatic imine (C=N–C) groups is 1. The molecule has 0 radical (unpaired) electrons. The van der Waals surface area contributed by atoms with E-state index in [9.17, 15) is 4.79 Å². The van der Waals surface area contributed by atoms with Crippen molar-refractivity contribution in [2.75, 3.05) is 19.0 Å². The van der Waals surface area contributed by atoms with Gasteiger partial charge in [0.25, 0.3) is 0 Å². The molecular weight excluding hydrogens is 398 g/mol. The second-order valence-electron chi connectivity index (χ2n) is 6.22. The number of thiazole rings is 1. The maximum Gasteiger partial charge on any atom is 0.321 e. The summed E-state index contributed by atoms with van der Waals surface area (Å²) in [5.41, 5.74) is 3.97. The van der Waals surface area contributed by atoms with Gasteiger partial charge in [-0.3, -0.25) is 10.3 Å². The van der Waals surface area contributed by atoms with Gasteiger partial charge in [0, 0.05) is 30.1 Å². The van der Waals surface area contributed by atoms with Crippen LogP contribution >= 0.6 is 11.3 Å². The normalized spacial score (nSPS) is 11.6. The molecule has 0 atom stereocenters. The number of nitrogens with zero attached hydrogens (tertiary/aromatic N) is 3. The highest BCUT2D eigenvalue weighted by molar-refractivity contribution is 7.22. The summed E-state index contributed by atoms with van der Waals surface area (Å²) in [5.74, 6) is 0.451. The summed E-state index contributed by atoms with van der Waals surface area (Å²) in [7, 11) is 1.56. The average molecular weight is 422 g/mol. The molecule has 0 saturated carbocycles. The number of urea groups is 1. The molecule has 3 rings (SSSR count). The summed E-state index contributed by atoms with van der Waals surface area (Å²) in [6.45, 7) is 8.42. The van der Waals surface area contributed by atoms with Gasteiger partial charge >= 0.3 is 6.03 Å². The van der Waals surface area contributed by atoms with Gasteiger partial charge in [-0.15, -0.1) is 0 Å². The van der Waals surface area contributed by atoms with Gasteiger partial charge < -0.3 is 10.1 Å². The van der Waals surface area contributed by atoms with Crippen LogP contribution in [0.15, 0.2) is 60.4 Å². The SMILES string of the molecule is C=C(N=C(/C=C\C)OC)c1cc(-c2cccnc2)cc2nc(NC(=O)NCC)sc12. The van der Waals surface area contributed by atoms with Gasteiger partial charge in [-0.25, -0.2) is 14.8 Å². The van der Waals surface area contributed by atoms with E-state index < -0.39 is 0 Å². The van der Waals surface area contributed by atoms with E-state index in [4.69, 9.17) is 4.74 Å². The Morgan fingerprint density at radius 1 is 1.37 bits per heavy atom. The third-order valence-electron chi connectivity index (χ3n) is 4.12. The monoisotopic (exact) mass is 421 g/mol. The third-order valence-corrected chi connectivity index (χ3v) is 5.14. The van der Waals surface area contributed by atoms with E-state index in [1.807, 2.05) is 44.2 Å². The first-order chi connectivity index (χ1) is 14.5. The highest BCUT2D eigenvalue weighted by atomic mass is 32.1. The summed E-state index contributed by atoms with van der Waals surface area (Å²) in [4.78, 5) is 25.2. The van der Waals surface area contributed by atoms with E-state index >= 15 is 0 Å². The minimum absolute atomic E-state index is 0.294. The van der Waals surface area contributed by atoms with Gasteiger partial charge in [0.1, 0.15) is 0 Å². The van der Waals surface area contributed by atoms with Crippen LogP contribution in [0.4, 0.5) is 9.93 Å². The van der Waals surface area contributed by atoms with Gasteiger partial charge in [0.15, 0.2) is 5.13 Å². The van der Waals surface area contributed by atoms with Gasteiger partial charge in [0.05, 0.1) is 23.0 Å². The highest BCUT2D eigenvalue weighted by Crippen LogP contribution is 2.36. The van der Waals surface area contributed by atoms with Crippen LogP contribution in [0.25, 0.3) is 27.0 Å². The first-order valence-electron chi connectivity index (χ1n) is 9.40. The number of benzene rings is 1. The Labute approximate surface area is 179 Å². The van der Waals surface area contributed by atoms with Crippen LogP contribution in [0.3, 0.4) is 0 Å². The summed E-state index contributed by atoms with van der Waals surface area (Å²) in [6, 6.07) is 7.53. The number of ether oxygens (including phenoxy) is 1. The number of pyridine rings is 1. The van der Waals surface area contributed by atoms with Crippen LogP contribution in [-0.4, -0.2) is 35.6 Å². The van der Waals surface area contributed by atoms with Crippen molar-refractivity contribution in [1.82, 2.24) is 15.3 Å². The van der Waals surface area contributed by atoms with E-state index in [1.165, 1.54) is 11.3 Å². The molecular formula is C22H23N5O2S. The lowest BCUT2D eigenvalue weighted by molar-refractivity contribution is 0.252. The highest BCUT2D eigenvalue weighted by Gasteiger charge is 2.15. The number of hydrogen-bond donors (Lipinski definition) is 2. The Hall–Kier alpha value is -3.52. The zero-order chi connectivity index (χ0) is 21.5. The van der Waals surface area contributed by atoms with Crippen molar-refractivity contribution in [3.8, 4) is 11.1 Å². The van der Waals surface area contributed by atoms with Gasteiger partial charge in [0.2, 0.25) is 5.90 Å². The van der Waals surface area contributed by atoms with Crippen molar-refractivity contribution in [2.45, 2.75) is 13.8 Å². The average Bonchev–Trinajstić information content (AvgIpc) is 3.15.